The third kappa shape index (κ3) is 5.22. The number of nitrogens with one attached hydrogen (secondary N) is 1. The van der Waals surface area contributed by atoms with E-state index in [1.807, 2.05) is 0 Å². The summed E-state index contributed by atoms with van der Waals surface area (Å²) in [6.07, 6.45) is -6.32. The number of nitrogens with zero attached hydrogens (tertiary/aromatic N) is 4. The van der Waals surface area contributed by atoms with Crippen LogP contribution >= 0.6 is 0 Å². The van der Waals surface area contributed by atoms with Crippen molar-refractivity contribution in [1.29, 1.82) is 0 Å². The molecule has 1 aromatic heterocycles. The molecular formula is C18H15F6N5O2. The van der Waals surface area contributed by atoms with Crippen LogP contribution in [0, 0.1) is 5.92 Å². The molecule has 1 unspecified atom stereocenters. The number of carbonyl (C=O) groups is 2. The van der Waals surface area contributed by atoms with Gasteiger partial charge in [0.2, 0.25) is 5.91 Å². The first kappa shape index (κ1) is 22.3. The smallest absolute Gasteiger partial charge is 0.273 e. The van der Waals surface area contributed by atoms with Crippen LogP contribution in [0.2, 0.25) is 0 Å². The summed E-state index contributed by atoms with van der Waals surface area (Å²) in [5.41, 5.74) is -1.11. The second-order valence-electron chi connectivity index (χ2n) is 6.81. The Morgan fingerprint density at radius 2 is 1.74 bits per heavy atom. The number of halogens is 6. The van der Waals surface area contributed by atoms with Crippen LogP contribution < -0.4 is 5.43 Å². The van der Waals surface area contributed by atoms with Crippen molar-refractivity contribution in [3.63, 3.8) is 0 Å². The maximum atomic E-state index is 13.0. The van der Waals surface area contributed by atoms with Gasteiger partial charge in [0.05, 0.1) is 11.1 Å². The monoisotopic (exact) mass is 447 g/mol. The van der Waals surface area contributed by atoms with E-state index in [1.54, 1.807) is 6.92 Å². The number of rotatable bonds is 4. The Kier molecular flexibility index (Phi) is 5.79. The van der Waals surface area contributed by atoms with Crippen LogP contribution in [0.5, 0.6) is 0 Å². The maximum absolute atomic E-state index is 13.0. The number of hydrogen-bond acceptors (Lipinski definition) is 4. The van der Waals surface area contributed by atoms with Crippen molar-refractivity contribution in [3.05, 3.63) is 41.7 Å². The summed E-state index contributed by atoms with van der Waals surface area (Å²) in [4.78, 5) is 27.4. The fourth-order valence-electron chi connectivity index (χ4n) is 2.81. The van der Waals surface area contributed by atoms with E-state index in [9.17, 15) is 35.9 Å². The molecule has 13 heteroatoms. The molecule has 0 saturated carbocycles. The quantitative estimate of drug-likeness (QED) is 0.576. The second-order valence-corrected chi connectivity index (χ2v) is 6.81. The predicted molar refractivity (Wildman–Crippen MR) is 94.4 cm³/mol. The number of benzene rings is 1. The van der Waals surface area contributed by atoms with Crippen LogP contribution in [-0.4, -0.2) is 38.1 Å². The number of alkyl halides is 6. The lowest BCUT2D eigenvalue weighted by molar-refractivity contribution is -0.143. The largest absolute Gasteiger partial charge is 0.416 e. The molecule has 1 fully saturated rings. The highest BCUT2D eigenvalue weighted by Crippen LogP contribution is 2.38. The van der Waals surface area contributed by atoms with Gasteiger partial charge in [-0.2, -0.15) is 26.3 Å². The normalized spacial score (nSPS) is 17.6. The molecule has 2 heterocycles. The highest BCUT2D eigenvalue weighted by atomic mass is 19.4. The first-order valence-electron chi connectivity index (χ1n) is 8.86. The summed E-state index contributed by atoms with van der Waals surface area (Å²) in [5, 5.41) is 4.94. The van der Waals surface area contributed by atoms with Crippen LogP contribution in [0.3, 0.4) is 0 Å². The molecule has 0 aliphatic carbocycles. The fraction of sp³-hybridized carbons (Fsp3) is 0.333. The molecular weight excluding hydrogens is 432 g/mol. The number of carbonyl (C=O) groups excluding carboxylic acids is 2. The zero-order valence-corrected chi connectivity index (χ0v) is 15.8. The summed E-state index contributed by atoms with van der Waals surface area (Å²) in [7, 11) is 0. The van der Waals surface area contributed by atoms with Crippen molar-refractivity contribution in [3.8, 4) is 11.4 Å². The van der Waals surface area contributed by atoms with Gasteiger partial charge in [-0.1, -0.05) is 6.92 Å². The molecule has 1 aliphatic rings. The summed E-state index contributed by atoms with van der Waals surface area (Å²) < 4.78 is 78.9. The molecule has 31 heavy (non-hydrogen) atoms. The van der Waals surface area contributed by atoms with Crippen molar-refractivity contribution in [2.24, 2.45) is 5.92 Å². The van der Waals surface area contributed by atoms with Gasteiger partial charge in [0, 0.05) is 30.3 Å². The lowest BCUT2D eigenvalue weighted by Crippen LogP contribution is -2.42. The minimum absolute atomic E-state index is 0.00520. The number of hydrogen-bond donors (Lipinski definition) is 1. The number of amides is 2. The third-order valence-corrected chi connectivity index (χ3v) is 4.45. The van der Waals surface area contributed by atoms with Crippen LogP contribution in [0.4, 0.5) is 26.3 Å². The van der Waals surface area contributed by atoms with Crippen LogP contribution in [0.1, 0.15) is 24.5 Å². The van der Waals surface area contributed by atoms with E-state index in [1.165, 1.54) is 0 Å². The molecule has 1 aromatic carbocycles. The molecule has 2 aromatic rings. The Hall–Kier alpha value is -3.38. The van der Waals surface area contributed by atoms with Crippen molar-refractivity contribution in [2.75, 3.05) is 6.54 Å². The van der Waals surface area contributed by atoms with E-state index in [2.05, 4.69) is 15.5 Å². The molecule has 1 N–H and O–H groups in total. The van der Waals surface area contributed by atoms with Gasteiger partial charge in [0.1, 0.15) is 6.33 Å². The average molecular weight is 447 g/mol. The summed E-state index contributed by atoms with van der Waals surface area (Å²) in [6.45, 7) is 2.07. The first-order chi connectivity index (χ1) is 14.3. The predicted octanol–water partition coefficient (Wildman–Crippen LogP) is 3.35. The lowest BCUT2D eigenvalue weighted by Gasteiger charge is -2.15. The zero-order chi connectivity index (χ0) is 23.0. The molecule has 1 aliphatic heterocycles. The van der Waals surface area contributed by atoms with Gasteiger partial charge >= 0.3 is 12.4 Å². The van der Waals surface area contributed by atoms with Gasteiger partial charge < -0.3 is 0 Å². The molecule has 0 radical (unpaired) electrons. The van der Waals surface area contributed by atoms with Gasteiger partial charge in [-0.3, -0.25) is 20.0 Å². The molecule has 166 valence electrons. The van der Waals surface area contributed by atoms with Crippen molar-refractivity contribution < 1.29 is 35.9 Å². The van der Waals surface area contributed by atoms with Gasteiger partial charge in [-0.05, 0) is 24.6 Å². The van der Waals surface area contributed by atoms with Crippen LogP contribution in [-0.2, 0) is 21.9 Å². The second kappa shape index (κ2) is 8.04. The summed E-state index contributed by atoms with van der Waals surface area (Å²) in [6, 6.07) is 1.02. The summed E-state index contributed by atoms with van der Waals surface area (Å²) >= 11 is 0. The standard InChI is InChI=1S/C18H15F6N5O2/c1-10-2-5-29(16(10)31)26-14(30)3-4-28-9-25-15(27-28)11-6-12(17(19,20)21)8-13(7-11)18(22,23)24/h3-4,6-10H,2,5H2,1H3,(H,26,30)/b4-3-. The zero-order valence-electron chi connectivity index (χ0n) is 15.8. The van der Waals surface area contributed by atoms with E-state index in [0.717, 1.165) is 28.3 Å². The molecule has 0 bridgehead atoms. The molecule has 7 nitrogen and oxygen atoms in total. The maximum Gasteiger partial charge on any atom is 0.416 e. The topological polar surface area (TPSA) is 80.1 Å². The highest BCUT2D eigenvalue weighted by molar-refractivity contribution is 5.92. The van der Waals surface area contributed by atoms with Gasteiger partial charge in [0.25, 0.3) is 5.91 Å². The van der Waals surface area contributed by atoms with Gasteiger partial charge in [-0.25, -0.2) is 9.67 Å². The average Bonchev–Trinajstić information content (AvgIpc) is 3.27. The Bertz CT molecular complexity index is 995. The van der Waals surface area contributed by atoms with Gasteiger partial charge in [0.15, 0.2) is 5.82 Å². The molecule has 2 amide bonds. The van der Waals surface area contributed by atoms with E-state index in [4.69, 9.17) is 0 Å². The number of aromatic nitrogens is 3. The van der Waals surface area contributed by atoms with Gasteiger partial charge in [-0.15, -0.1) is 5.10 Å². The molecule has 1 atom stereocenters. The molecule has 3 rings (SSSR count). The number of hydrazine groups is 1. The van der Waals surface area contributed by atoms with E-state index in [-0.39, 0.29) is 17.9 Å². The van der Waals surface area contributed by atoms with Crippen LogP contribution in [0.25, 0.3) is 17.6 Å². The van der Waals surface area contributed by atoms with Crippen LogP contribution in [0.15, 0.2) is 30.6 Å². The van der Waals surface area contributed by atoms with Crippen molar-refractivity contribution in [2.45, 2.75) is 25.7 Å². The SMILES string of the molecule is CC1CCN(NC(=O)/C=C\n2cnc(-c3cc(C(F)(F)F)cc(C(F)(F)F)c3)n2)C1=O. The first-order valence-corrected chi connectivity index (χ1v) is 8.86. The van der Waals surface area contributed by atoms with Crippen molar-refractivity contribution >= 4 is 18.0 Å². The van der Waals surface area contributed by atoms with Crippen molar-refractivity contribution in [1.82, 2.24) is 25.2 Å². The highest BCUT2D eigenvalue weighted by Gasteiger charge is 2.37. The fourth-order valence-corrected chi connectivity index (χ4v) is 2.81. The van der Waals surface area contributed by atoms with E-state index >= 15 is 0 Å². The Morgan fingerprint density at radius 1 is 1.13 bits per heavy atom. The lowest BCUT2D eigenvalue weighted by atomic mass is 10.0. The minimum atomic E-state index is -5.00. The van der Waals surface area contributed by atoms with E-state index < -0.39 is 40.8 Å². The van der Waals surface area contributed by atoms with E-state index in [0.29, 0.717) is 25.1 Å². The molecule has 0 spiro atoms. The molecule has 1 saturated heterocycles. The Balaban J connectivity index is 1.79. The summed E-state index contributed by atoms with van der Waals surface area (Å²) in [5.74, 6) is -1.52. The Labute approximate surface area is 171 Å². The third-order valence-electron chi connectivity index (χ3n) is 4.45. The minimum Gasteiger partial charge on any atom is -0.273 e. The Morgan fingerprint density at radius 3 is 2.26 bits per heavy atom.